The number of hydrogen-bond donors (Lipinski definition) is 1. The molecule has 0 aromatic heterocycles. The Balaban J connectivity index is 3.38. The number of aliphatic hydroxyl groups excluding tert-OH is 1. The fraction of sp³-hybridized carbons (Fsp3) is 0.831. The van der Waals surface area contributed by atoms with Crippen LogP contribution in [0.2, 0.25) is 0 Å². The average molecular weight is 898 g/mol. The molecule has 5 heteroatoms. The Morgan fingerprint density at radius 1 is 0.359 bits per heavy atom. The highest BCUT2D eigenvalue weighted by molar-refractivity contribution is 5.70. The molecule has 0 aliphatic heterocycles. The van der Waals surface area contributed by atoms with Crippen LogP contribution in [0.25, 0.3) is 0 Å². The summed E-state index contributed by atoms with van der Waals surface area (Å²) in [6.45, 7) is 4.08. The molecular weight excluding hydrogens is 789 g/mol. The van der Waals surface area contributed by atoms with Crippen molar-refractivity contribution < 1.29 is 24.2 Å². The molecule has 5 nitrogen and oxygen atoms in total. The van der Waals surface area contributed by atoms with Gasteiger partial charge in [0, 0.05) is 12.8 Å². The summed E-state index contributed by atoms with van der Waals surface area (Å²) in [6.07, 6.45) is 72.5. The molecule has 1 atom stereocenters. The number of carbonyl (C=O) groups excluding carboxylic acids is 2. The van der Waals surface area contributed by atoms with Crippen molar-refractivity contribution in [2.24, 2.45) is 0 Å². The predicted octanol–water partition coefficient (Wildman–Crippen LogP) is 18.9. The molecule has 0 rings (SSSR count). The molecule has 0 spiro atoms. The number of rotatable bonds is 52. The molecule has 0 heterocycles. The van der Waals surface area contributed by atoms with Gasteiger partial charge < -0.3 is 14.6 Å². The Kier molecular flexibility index (Phi) is 53.3. The zero-order chi connectivity index (χ0) is 46.3. The molecule has 374 valence electrons. The number of esters is 2. The Morgan fingerprint density at radius 3 is 0.984 bits per heavy atom. The summed E-state index contributed by atoms with van der Waals surface area (Å²) in [6, 6.07) is 0. The molecule has 0 amide bonds. The van der Waals surface area contributed by atoms with Gasteiger partial charge in [0.05, 0.1) is 6.61 Å². The maximum Gasteiger partial charge on any atom is 0.306 e. The van der Waals surface area contributed by atoms with Gasteiger partial charge >= 0.3 is 11.9 Å². The van der Waals surface area contributed by atoms with Crippen LogP contribution in [0.1, 0.15) is 296 Å². The maximum absolute atomic E-state index is 12.3. The lowest BCUT2D eigenvalue weighted by molar-refractivity contribution is -0.161. The van der Waals surface area contributed by atoms with Gasteiger partial charge in [-0.25, -0.2) is 0 Å². The van der Waals surface area contributed by atoms with Crippen LogP contribution in [0.3, 0.4) is 0 Å². The Labute approximate surface area is 398 Å². The van der Waals surface area contributed by atoms with Gasteiger partial charge in [-0.3, -0.25) is 9.59 Å². The highest BCUT2D eigenvalue weighted by Gasteiger charge is 2.16. The van der Waals surface area contributed by atoms with Gasteiger partial charge in [0.15, 0.2) is 6.10 Å². The summed E-state index contributed by atoms with van der Waals surface area (Å²) in [5.74, 6) is -0.597. The fourth-order valence-corrected chi connectivity index (χ4v) is 8.33. The van der Waals surface area contributed by atoms with Crippen molar-refractivity contribution in [3.05, 3.63) is 48.6 Å². The van der Waals surface area contributed by atoms with Crippen LogP contribution < -0.4 is 0 Å². The van der Waals surface area contributed by atoms with Crippen molar-refractivity contribution in [1.82, 2.24) is 0 Å². The van der Waals surface area contributed by atoms with Crippen molar-refractivity contribution in [3.8, 4) is 0 Å². The van der Waals surface area contributed by atoms with E-state index in [2.05, 4.69) is 62.5 Å². The minimum Gasteiger partial charge on any atom is -0.462 e. The quantitative estimate of drug-likeness (QED) is 0.0374. The van der Waals surface area contributed by atoms with Crippen LogP contribution in [0.5, 0.6) is 0 Å². The van der Waals surface area contributed by atoms with Gasteiger partial charge in [0.2, 0.25) is 0 Å². The second-order valence-electron chi connectivity index (χ2n) is 19.0. The smallest absolute Gasteiger partial charge is 0.306 e. The molecule has 0 saturated carbocycles. The van der Waals surface area contributed by atoms with Crippen LogP contribution in [-0.2, 0) is 19.1 Å². The van der Waals surface area contributed by atoms with E-state index in [1.165, 1.54) is 205 Å². The van der Waals surface area contributed by atoms with E-state index in [9.17, 15) is 14.7 Å². The predicted molar refractivity (Wildman–Crippen MR) is 279 cm³/mol. The average Bonchev–Trinajstić information content (AvgIpc) is 3.30. The van der Waals surface area contributed by atoms with Crippen molar-refractivity contribution in [3.63, 3.8) is 0 Å². The fourth-order valence-electron chi connectivity index (χ4n) is 8.33. The van der Waals surface area contributed by atoms with Crippen molar-refractivity contribution in [1.29, 1.82) is 0 Å². The molecule has 0 saturated heterocycles. The molecule has 0 bridgehead atoms. The number of aliphatic hydroxyl groups is 1. The Hall–Kier alpha value is -2.14. The minimum absolute atomic E-state index is 0.0704. The first kappa shape index (κ1) is 61.9. The third-order valence-electron chi connectivity index (χ3n) is 12.6. The van der Waals surface area contributed by atoms with Crippen LogP contribution in [0, 0.1) is 0 Å². The maximum atomic E-state index is 12.3. The SMILES string of the molecule is CCC/C=C\C/C=C\CCCCCCCC(=O)OCC(CO)OC(=O)CCCCCCCCCCCCCCCCCCCCCCCCCCC/C=C\C/C=C\CCCCCCC. The number of unbranched alkanes of at least 4 members (excludes halogenated alkanes) is 36. The Bertz CT molecular complexity index is 1060. The van der Waals surface area contributed by atoms with Gasteiger partial charge in [-0.1, -0.05) is 262 Å². The standard InChI is InChI=1S/C59H108O5/c1-3-5-7-9-11-13-15-17-18-19-20-21-22-23-24-25-26-27-28-29-30-31-32-33-34-35-36-37-38-39-40-42-44-46-48-50-52-54-59(62)64-57(55-60)56-63-58(61)53-51-49-47-45-43-41-16-14-12-10-8-6-4-2/h8,10,14-17,19-20,57,60H,3-7,9,11-13,18,21-56H2,1-2H3/b10-8-,16-14-,17-15-,20-19-. The van der Waals surface area contributed by atoms with Crippen LogP contribution >= 0.6 is 0 Å². The van der Waals surface area contributed by atoms with E-state index in [4.69, 9.17) is 9.47 Å². The normalized spacial score (nSPS) is 12.5. The van der Waals surface area contributed by atoms with Gasteiger partial charge in [-0.2, -0.15) is 0 Å². The number of ether oxygens (including phenoxy) is 2. The highest BCUT2D eigenvalue weighted by Crippen LogP contribution is 2.17. The Morgan fingerprint density at radius 2 is 0.656 bits per heavy atom. The van der Waals surface area contributed by atoms with E-state index in [0.717, 1.165) is 64.2 Å². The number of allylic oxidation sites excluding steroid dienone is 8. The molecule has 0 aliphatic rings. The second-order valence-corrected chi connectivity index (χ2v) is 19.0. The summed E-state index contributed by atoms with van der Waals surface area (Å²) >= 11 is 0. The first-order chi connectivity index (χ1) is 31.6. The van der Waals surface area contributed by atoms with Crippen LogP contribution in [0.15, 0.2) is 48.6 Å². The monoisotopic (exact) mass is 897 g/mol. The number of carbonyl (C=O) groups is 2. The molecular formula is C59H108O5. The summed E-state index contributed by atoms with van der Waals surface area (Å²) in [7, 11) is 0. The highest BCUT2D eigenvalue weighted by atomic mass is 16.6. The lowest BCUT2D eigenvalue weighted by atomic mass is 10.0. The molecule has 1 N–H and O–H groups in total. The van der Waals surface area contributed by atoms with E-state index in [0.29, 0.717) is 12.8 Å². The lowest BCUT2D eigenvalue weighted by Gasteiger charge is -2.15. The van der Waals surface area contributed by atoms with E-state index >= 15 is 0 Å². The second kappa shape index (κ2) is 55.2. The first-order valence-electron chi connectivity index (χ1n) is 28.2. The third-order valence-corrected chi connectivity index (χ3v) is 12.6. The zero-order valence-electron chi connectivity index (χ0n) is 42.8. The lowest BCUT2D eigenvalue weighted by Crippen LogP contribution is -2.28. The van der Waals surface area contributed by atoms with Gasteiger partial charge in [-0.15, -0.1) is 0 Å². The third kappa shape index (κ3) is 52.5. The molecule has 0 aromatic carbocycles. The molecule has 64 heavy (non-hydrogen) atoms. The van der Waals surface area contributed by atoms with Crippen LogP contribution in [0.4, 0.5) is 0 Å². The summed E-state index contributed by atoms with van der Waals surface area (Å²) in [5.41, 5.74) is 0. The van der Waals surface area contributed by atoms with Gasteiger partial charge in [0.1, 0.15) is 6.61 Å². The van der Waals surface area contributed by atoms with E-state index in [1.54, 1.807) is 0 Å². The minimum atomic E-state index is -0.775. The van der Waals surface area contributed by atoms with Gasteiger partial charge in [0.25, 0.3) is 0 Å². The van der Waals surface area contributed by atoms with Crippen molar-refractivity contribution in [2.75, 3.05) is 13.2 Å². The topological polar surface area (TPSA) is 72.8 Å². The van der Waals surface area contributed by atoms with E-state index < -0.39 is 6.10 Å². The van der Waals surface area contributed by atoms with Gasteiger partial charge in [-0.05, 0) is 70.6 Å². The summed E-state index contributed by atoms with van der Waals surface area (Å²) in [4.78, 5) is 24.4. The van der Waals surface area contributed by atoms with Crippen molar-refractivity contribution in [2.45, 2.75) is 302 Å². The van der Waals surface area contributed by atoms with E-state index in [-0.39, 0.29) is 25.2 Å². The van der Waals surface area contributed by atoms with E-state index in [1.807, 2.05) is 0 Å². The number of hydrogen-bond acceptors (Lipinski definition) is 5. The molecule has 0 aliphatic carbocycles. The first-order valence-corrected chi connectivity index (χ1v) is 28.2. The summed E-state index contributed by atoms with van der Waals surface area (Å²) in [5, 5.41) is 9.61. The molecule has 0 fully saturated rings. The summed E-state index contributed by atoms with van der Waals surface area (Å²) < 4.78 is 10.7. The largest absolute Gasteiger partial charge is 0.462 e. The van der Waals surface area contributed by atoms with Crippen LogP contribution in [-0.4, -0.2) is 36.4 Å². The zero-order valence-corrected chi connectivity index (χ0v) is 42.8. The van der Waals surface area contributed by atoms with Crippen molar-refractivity contribution >= 4 is 11.9 Å². The molecule has 0 radical (unpaired) electrons. The molecule has 0 aromatic rings. The molecule has 1 unspecified atom stereocenters.